The molecule has 3 atom stereocenters. The van der Waals surface area contributed by atoms with Crippen molar-refractivity contribution in [1.29, 1.82) is 0 Å². The van der Waals surface area contributed by atoms with E-state index in [4.69, 9.17) is 0 Å². The first kappa shape index (κ1) is 9.93. The smallest absolute Gasteiger partial charge is 0.00289 e. The molecule has 2 fully saturated rings. The molecule has 0 spiro atoms. The van der Waals surface area contributed by atoms with Gasteiger partial charge in [0.2, 0.25) is 0 Å². The molecule has 0 aromatic rings. The first-order valence-electron chi connectivity index (χ1n) is 6.60. The molecule has 0 heteroatoms. The lowest BCUT2D eigenvalue weighted by molar-refractivity contribution is 0.114. The highest BCUT2D eigenvalue weighted by molar-refractivity contribution is 5.31. The molecule has 2 saturated carbocycles. The van der Waals surface area contributed by atoms with E-state index in [0.29, 0.717) is 16.2 Å². The number of allylic oxidation sites excluding steroid dienone is 2. The summed E-state index contributed by atoms with van der Waals surface area (Å²) in [6, 6.07) is 0. The van der Waals surface area contributed by atoms with Crippen molar-refractivity contribution in [3.63, 3.8) is 0 Å². The molecule has 0 radical (unpaired) electrons. The molecule has 0 heterocycles. The van der Waals surface area contributed by atoms with Gasteiger partial charge in [-0.3, -0.25) is 0 Å². The SMILES string of the molecule is CC1=CCC[C@]2(C)[C@H]3CC[C@@]12CC3(C)C. The summed E-state index contributed by atoms with van der Waals surface area (Å²) >= 11 is 0. The molecule has 0 unspecified atom stereocenters. The van der Waals surface area contributed by atoms with Crippen LogP contribution in [0.5, 0.6) is 0 Å². The first-order valence-corrected chi connectivity index (χ1v) is 6.60. The zero-order valence-electron chi connectivity index (χ0n) is 10.7. The normalized spacial score (nSPS) is 51.5. The minimum absolute atomic E-state index is 0.590. The Morgan fingerprint density at radius 1 is 1.20 bits per heavy atom. The Hall–Kier alpha value is -0.260. The van der Waals surface area contributed by atoms with E-state index in [-0.39, 0.29) is 0 Å². The average molecular weight is 204 g/mol. The number of hydrogen-bond acceptors (Lipinski definition) is 0. The fourth-order valence-corrected chi connectivity index (χ4v) is 5.76. The zero-order valence-corrected chi connectivity index (χ0v) is 10.7. The maximum absolute atomic E-state index is 2.59. The Kier molecular flexibility index (Phi) is 1.67. The predicted octanol–water partition coefficient (Wildman–Crippen LogP) is 4.56. The van der Waals surface area contributed by atoms with Gasteiger partial charge in [0.25, 0.3) is 0 Å². The van der Waals surface area contributed by atoms with Gasteiger partial charge < -0.3 is 0 Å². The molecule has 0 aliphatic heterocycles. The van der Waals surface area contributed by atoms with E-state index in [0.717, 1.165) is 5.92 Å². The molecule has 0 saturated heterocycles. The second-order valence-corrected chi connectivity index (χ2v) is 7.18. The van der Waals surface area contributed by atoms with Gasteiger partial charge in [-0.25, -0.2) is 0 Å². The second-order valence-electron chi connectivity index (χ2n) is 7.18. The van der Waals surface area contributed by atoms with Crippen LogP contribution in [0.3, 0.4) is 0 Å². The molecule has 3 aliphatic carbocycles. The average Bonchev–Trinajstić information content (AvgIpc) is 2.50. The van der Waals surface area contributed by atoms with Crippen LogP contribution >= 0.6 is 0 Å². The van der Waals surface area contributed by atoms with Gasteiger partial charge in [0.05, 0.1) is 0 Å². The van der Waals surface area contributed by atoms with Crippen LogP contribution in [-0.2, 0) is 0 Å². The summed E-state index contributed by atoms with van der Waals surface area (Å²) in [5.74, 6) is 0.980. The largest absolute Gasteiger partial charge is 0.0850 e. The molecule has 0 aromatic carbocycles. The molecule has 3 aliphatic rings. The lowest BCUT2D eigenvalue weighted by Gasteiger charge is -2.45. The predicted molar refractivity (Wildman–Crippen MR) is 64.7 cm³/mol. The van der Waals surface area contributed by atoms with Gasteiger partial charge in [-0.05, 0) is 61.2 Å². The molecule has 3 rings (SSSR count). The third-order valence-electron chi connectivity index (χ3n) is 6.29. The standard InChI is InChI=1S/C15H24/c1-11-6-5-8-14(4)12-7-9-15(11,14)10-13(12,2)3/h6,12H,5,7-10H2,1-4H3/t12-,14+,15+/m0/s1. The molecule has 0 aromatic heterocycles. The highest BCUT2D eigenvalue weighted by Gasteiger charge is 2.68. The van der Waals surface area contributed by atoms with Crippen LogP contribution in [0.2, 0.25) is 0 Å². The Morgan fingerprint density at radius 3 is 2.53 bits per heavy atom. The Labute approximate surface area is 94.1 Å². The van der Waals surface area contributed by atoms with E-state index in [2.05, 4.69) is 33.8 Å². The molecule has 15 heavy (non-hydrogen) atoms. The highest BCUT2D eigenvalue weighted by Crippen LogP contribution is 2.76. The van der Waals surface area contributed by atoms with Crippen LogP contribution in [0.15, 0.2) is 11.6 Å². The van der Waals surface area contributed by atoms with Crippen LogP contribution in [0.1, 0.15) is 59.8 Å². The first-order chi connectivity index (χ1) is 6.92. The summed E-state index contributed by atoms with van der Waals surface area (Å²) in [5, 5.41) is 0. The Balaban J connectivity index is 2.17. The van der Waals surface area contributed by atoms with E-state index in [1.807, 2.05) is 0 Å². The van der Waals surface area contributed by atoms with Crippen molar-refractivity contribution in [2.24, 2.45) is 22.2 Å². The fraction of sp³-hybridized carbons (Fsp3) is 0.867. The number of rotatable bonds is 0. The van der Waals surface area contributed by atoms with E-state index in [1.54, 1.807) is 5.57 Å². The second kappa shape index (κ2) is 2.52. The summed E-state index contributed by atoms with van der Waals surface area (Å²) in [7, 11) is 0. The van der Waals surface area contributed by atoms with Gasteiger partial charge in [0.1, 0.15) is 0 Å². The topological polar surface area (TPSA) is 0 Å². The van der Waals surface area contributed by atoms with Gasteiger partial charge >= 0.3 is 0 Å². The minimum Gasteiger partial charge on any atom is -0.0850 e. The molecule has 0 amide bonds. The van der Waals surface area contributed by atoms with Crippen molar-refractivity contribution in [2.45, 2.75) is 59.8 Å². The van der Waals surface area contributed by atoms with Crippen molar-refractivity contribution in [3.05, 3.63) is 11.6 Å². The third kappa shape index (κ3) is 0.905. The van der Waals surface area contributed by atoms with Gasteiger partial charge in [-0.15, -0.1) is 0 Å². The monoisotopic (exact) mass is 204 g/mol. The van der Waals surface area contributed by atoms with Crippen LogP contribution in [0.25, 0.3) is 0 Å². The molecule has 0 N–H and O–H groups in total. The minimum atomic E-state index is 0.590. The lowest BCUT2D eigenvalue weighted by Crippen LogP contribution is -2.36. The Bertz CT molecular complexity index is 336. The van der Waals surface area contributed by atoms with E-state index >= 15 is 0 Å². The van der Waals surface area contributed by atoms with E-state index in [9.17, 15) is 0 Å². The lowest BCUT2D eigenvalue weighted by atomic mass is 9.59. The fourth-order valence-electron chi connectivity index (χ4n) is 5.76. The molecular weight excluding hydrogens is 180 g/mol. The summed E-state index contributed by atoms with van der Waals surface area (Å²) < 4.78 is 0. The summed E-state index contributed by atoms with van der Waals surface area (Å²) in [6.45, 7) is 10.0. The van der Waals surface area contributed by atoms with Gasteiger partial charge in [0, 0.05) is 0 Å². The summed E-state index contributed by atoms with van der Waals surface area (Å²) in [6.07, 6.45) is 9.71. The van der Waals surface area contributed by atoms with Crippen LogP contribution in [-0.4, -0.2) is 0 Å². The maximum Gasteiger partial charge on any atom is -0.00289 e. The van der Waals surface area contributed by atoms with Crippen molar-refractivity contribution in [1.82, 2.24) is 0 Å². The number of hydrogen-bond donors (Lipinski definition) is 0. The summed E-state index contributed by atoms with van der Waals surface area (Å²) in [4.78, 5) is 0. The van der Waals surface area contributed by atoms with Crippen LogP contribution in [0, 0.1) is 22.2 Å². The van der Waals surface area contributed by atoms with E-state index in [1.165, 1.54) is 32.1 Å². The third-order valence-corrected chi connectivity index (χ3v) is 6.29. The molecule has 84 valence electrons. The molecular formula is C15H24. The highest BCUT2D eigenvalue weighted by atomic mass is 14.7. The quantitative estimate of drug-likeness (QED) is 0.507. The van der Waals surface area contributed by atoms with Crippen molar-refractivity contribution < 1.29 is 0 Å². The van der Waals surface area contributed by atoms with Gasteiger partial charge in [0.15, 0.2) is 0 Å². The van der Waals surface area contributed by atoms with Crippen molar-refractivity contribution in [3.8, 4) is 0 Å². The van der Waals surface area contributed by atoms with E-state index < -0.39 is 0 Å². The van der Waals surface area contributed by atoms with Crippen molar-refractivity contribution >= 4 is 0 Å². The summed E-state index contributed by atoms with van der Waals surface area (Å²) in [5.41, 5.74) is 3.55. The molecule has 0 nitrogen and oxygen atoms in total. The molecule has 2 bridgehead atoms. The van der Waals surface area contributed by atoms with Crippen LogP contribution in [0.4, 0.5) is 0 Å². The van der Waals surface area contributed by atoms with Gasteiger partial charge in [-0.2, -0.15) is 0 Å². The van der Waals surface area contributed by atoms with Gasteiger partial charge in [-0.1, -0.05) is 32.4 Å². The maximum atomic E-state index is 2.59. The Morgan fingerprint density at radius 2 is 1.93 bits per heavy atom. The zero-order chi connectivity index (χ0) is 10.9. The van der Waals surface area contributed by atoms with Crippen LogP contribution < -0.4 is 0 Å². The van der Waals surface area contributed by atoms with Crippen molar-refractivity contribution in [2.75, 3.05) is 0 Å².